The van der Waals surface area contributed by atoms with Crippen LogP contribution in [0.1, 0.15) is 12.8 Å². The predicted octanol–water partition coefficient (Wildman–Crippen LogP) is -2.68. The summed E-state index contributed by atoms with van der Waals surface area (Å²) in [5, 5.41) is 48.1. The fourth-order valence-corrected chi connectivity index (χ4v) is 2.71. The van der Waals surface area contributed by atoms with Crippen molar-refractivity contribution in [1.29, 1.82) is 0 Å². The van der Waals surface area contributed by atoms with Crippen LogP contribution in [0.5, 0.6) is 0 Å². The van der Waals surface area contributed by atoms with Gasteiger partial charge in [-0.25, -0.2) is 0 Å². The first-order valence-electron chi connectivity index (χ1n) is 7.25. The molecule has 0 radical (unpaired) electrons. The van der Waals surface area contributed by atoms with E-state index in [1.54, 1.807) is 0 Å². The Morgan fingerprint density at radius 2 is 1.50 bits per heavy atom. The minimum atomic E-state index is -1.20. The van der Waals surface area contributed by atoms with E-state index in [1.807, 2.05) is 0 Å². The lowest BCUT2D eigenvalue weighted by Gasteiger charge is -2.42. The molecule has 5 N–H and O–H groups in total. The largest absolute Gasteiger partial charge is 0.394 e. The highest BCUT2D eigenvalue weighted by molar-refractivity contribution is 4.87. The average molecular weight is 324 g/mol. The smallest absolute Gasteiger partial charge is 0.161 e. The van der Waals surface area contributed by atoms with E-state index < -0.39 is 55.8 Å². The van der Waals surface area contributed by atoms with Gasteiger partial charge in [-0.1, -0.05) is 0 Å². The molecule has 9 heteroatoms. The van der Waals surface area contributed by atoms with E-state index >= 15 is 0 Å². The Kier molecular flexibility index (Phi) is 6.50. The summed E-state index contributed by atoms with van der Waals surface area (Å²) in [6, 6.07) is 0. The Hall–Kier alpha value is -0.360. The average Bonchev–Trinajstić information content (AvgIpc) is 2.52. The van der Waals surface area contributed by atoms with Crippen LogP contribution >= 0.6 is 0 Å². The normalized spacial score (nSPS) is 46.6. The molecule has 2 saturated heterocycles. The van der Waals surface area contributed by atoms with E-state index in [0.29, 0.717) is 0 Å². The molecule has 9 nitrogen and oxygen atoms in total. The van der Waals surface area contributed by atoms with Crippen molar-refractivity contribution in [3.05, 3.63) is 0 Å². The molecule has 0 bridgehead atoms. The highest BCUT2D eigenvalue weighted by Gasteiger charge is 2.43. The first kappa shape index (κ1) is 18.0. The monoisotopic (exact) mass is 324 g/mol. The molecule has 2 heterocycles. The highest BCUT2D eigenvalue weighted by Crippen LogP contribution is 2.28. The third-order valence-corrected chi connectivity index (χ3v) is 3.97. The van der Waals surface area contributed by atoms with Crippen LogP contribution in [0.2, 0.25) is 0 Å². The zero-order valence-electron chi connectivity index (χ0n) is 12.3. The number of aliphatic hydroxyl groups is 5. The molecule has 2 fully saturated rings. The van der Waals surface area contributed by atoms with Gasteiger partial charge in [-0.15, -0.1) is 0 Å². The third-order valence-electron chi connectivity index (χ3n) is 3.97. The Labute approximate surface area is 128 Å². The number of rotatable bonds is 5. The van der Waals surface area contributed by atoms with Crippen molar-refractivity contribution in [2.75, 3.05) is 20.3 Å². The zero-order chi connectivity index (χ0) is 16.3. The SMILES string of the molecule is CO[C@@H]1CC(O)[C@H](O[C@@H]2C[C@@H](O)C(O)C(CO)O2)[C@@H](CO)O1. The molecule has 0 aromatic rings. The molecule has 0 aliphatic carbocycles. The summed E-state index contributed by atoms with van der Waals surface area (Å²) in [5.74, 6) is 0. The molecular weight excluding hydrogens is 300 g/mol. The maximum Gasteiger partial charge on any atom is 0.161 e. The van der Waals surface area contributed by atoms with Crippen LogP contribution < -0.4 is 0 Å². The van der Waals surface area contributed by atoms with Crippen LogP contribution in [0.3, 0.4) is 0 Å². The lowest BCUT2D eigenvalue weighted by atomic mass is 10.00. The van der Waals surface area contributed by atoms with Crippen molar-refractivity contribution < 1.29 is 44.5 Å². The van der Waals surface area contributed by atoms with Crippen LogP contribution in [-0.4, -0.2) is 95.1 Å². The van der Waals surface area contributed by atoms with E-state index in [0.717, 1.165) is 0 Å². The molecule has 8 atom stereocenters. The van der Waals surface area contributed by atoms with Gasteiger partial charge in [-0.2, -0.15) is 0 Å². The van der Waals surface area contributed by atoms with Gasteiger partial charge >= 0.3 is 0 Å². The standard InChI is InChI=1S/C13H24O9/c1-19-10-3-7(17)13(9(5-15)21-10)22-11-2-6(16)12(18)8(4-14)20-11/h6-18H,2-5H2,1H3/t6-,7?,8?,9-,10+,11-,12?,13+/m1/s1. The minimum absolute atomic E-state index is 0.0211. The Bertz CT molecular complexity index is 341. The van der Waals surface area contributed by atoms with Crippen molar-refractivity contribution in [3.63, 3.8) is 0 Å². The molecule has 0 amide bonds. The van der Waals surface area contributed by atoms with Gasteiger partial charge in [-0.05, 0) is 0 Å². The molecule has 22 heavy (non-hydrogen) atoms. The number of hydrogen-bond donors (Lipinski definition) is 5. The number of hydrogen-bond acceptors (Lipinski definition) is 9. The fourth-order valence-electron chi connectivity index (χ4n) is 2.71. The Morgan fingerprint density at radius 1 is 0.909 bits per heavy atom. The van der Waals surface area contributed by atoms with Gasteiger partial charge in [0.25, 0.3) is 0 Å². The molecule has 3 unspecified atom stereocenters. The minimum Gasteiger partial charge on any atom is -0.394 e. The number of aliphatic hydroxyl groups excluding tert-OH is 5. The zero-order valence-corrected chi connectivity index (χ0v) is 12.3. The van der Waals surface area contributed by atoms with E-state index in [1.165, 1.54) is 7.11 Å². The van der Waals surface area contributed by atoms with Gasteiger partial charge in [0, 0.05) is 20.0 Å². The summed E-state index contributed by atoms with van der Waals surface area (Å²) >= 11 is 0. The van der Waals surface area contributed by atoms with E-state index in [9.17, 15) is 20.4 Å². The second kappa shape index (κ2) is 7.95. The van der Waals surface area contributed by atoms with E-state index in [2.05, 4.69) is 0 Å². The summed E-state index contributed by atoms with van der Waals surface area (Å²) in [7, 11) is 1.43. The second-order valence-electron chi connectivity index (χ2n) is 5.51. The van der Waals surface area contributed by atoms with Gasteiger partial charge < -0.3 is 44.5 Å². The molecule has 0 aromatic heterocycles. The summed E-state index contributed by atoms with van der Waals surface area (Å²) in [4.78, 5) is 0. The van der Waals surface area contributed by atoms with Crippen molar-refractivity contribution in [2.45, 2.75) is 62.0 Å². The molecular formula is C13H24O9. The fraction of sp³-hybridized carbons (Fsp3) is 1.00. The Morgan fingerprint density at radius 3 is 2.09 bits per heavy atom. The second-order valence-corrected chi connectivity index (χ2v) is 5.51. The van der Waals surface area contributed by atoms with Crippen LogP contribution in [-0.2, 0) is 18.9 Å². The summed E-state index contributed by atoms with van der Waals surface area (Å²) in [5.41, 5.74) is 0. The van der Waals surface area contributed by atoms with Crippen LogP contribution in [0, 0.1) is 0 Å². The molecule has 0 aromatic carbocycles. The molecule has 130 valence electrons. The van der Waals surface area contributed by atoms with Crippen molar-refractivity contribution in [1.82, 2.24) is 0 Å². The van der Waals surface area contributed by atoms with Gasteiger partial charge in [0.1, 0.15) is 24.4 Å². The lowest BCUT2D eigenvalue weighted by Crippen LogP contribution is -2.56. The molecule has 2 aliphatic heterocycles. The first-order valence-corrected chi connectivity index (χ1v) is 7.25. The maximum absolute atomic E-state index is 10.1. The van der Waals surface area contributed by atoms with Gasteiger partial charge in [0.2, 0.25) is 0 Å². The summed E-state index contributed by atoms with van der Waals surface area (Å²) in [6.07, 6.45) is -7.36. The molecule has 0 saturated carbocycles. The van der Waals surface area contributed by atoms with Crippen LogP contribution in [0.4, 0.5) is 0 Å². The van der Waals surface area contributed by atoms with E-state index in [4.69, 9.17) is 24.1 Å². The molecule has 2 aliphatic rings. The lowest BCUT2D eigenvalue weighted by molar-refractivity contribution is -0.318. The summed E-state index contributed by atoms with van der Waals surface area (Å²) < 4.78 is 21.4. The Balaban J connectivity index is 1.99. The van der Waals surface area contributed by atoms with Crippen molar-refractivity contribution in [2.24, 2.45) is 0 Å². The van der Waals surface area contributed by atoms with Gasteiger partial charge in [0.15, 0.2) is 12.6 Å². The number of ether oxygens (including phenoxy) is 4. The highest BCUT2D eigenvalue weighted by atomic mass is 16.7. The topological polar surface area (TPSA) is 138 Å². The quantitative estimate of drug-likeness (QED) is 0.366. The molecule has 2 rings (SSSR count). The first-order chi connectivity index (χ1) is 10.5. The maximum atomic E-state index is 10.1. The van der Waals surface area contributed by atoms with Crippen molar-refractivity contribution in [3.8, 4) is 0 Å². The third kappa shape index (κ3) is 3.94. The summed E-state index contributed by atoms with van der Waals surface area (Å²) in [6.45, 7) is -0.861. The van der Waals surface area contributed by atoms with E-state index in [-0.39, 0.29) is 19.4 Å². The molecule has 0 spiro atoms. The van der Waals surface area contributed by atoms with Gasteiger partial charge in [0.05, 0.1) is 25.4 Å². The predicted molar refractivity (Wildman–Crippen MR) is 70.6 cm³/mol. The van der Waals surface area contributed by atoms with Crippen molar-refractivity contribution >= 4 is 0 Å². The van der Waals surface area contributed by atoms with Crippen LogP contribution in [0.25, 0.3) is 0 Å². The van der Waals surface area contributed by atoms with Gasteiger partial charge in [-0.3, -0.25) is 0 Å². The van der Waals surface area contributed by atoms with Crippen LogP contribution in [0.15, 0.2) is 0 Å². The number of methoxy groups -OCH3 is 1.